The number of sulfone groups is 1. The van der Waals surface area contributed by atoms with Gasteiger partial charge in [0.2, 0.25) is 5.91 Å². The Kier molecular flexibility index (Phi) is 6.26. The Morgan fingerprint density at radius 2 is 1.68 bits per heavy atom. The van der Waals surface area contributed by atoms with Crippen molar-refractivity contribution >= 4 is 38.7 Å². The van der Waals surface area contributed by atoms with Gasteiger partial charge >= 0.3 is 0 Å². The number of hydrogen-bond donors (Lipinski definition) is 4. The molecule has 0 heterocycles. The quantitative estimate of drug-likeness (QED) is 0.344. The van der Waals surface area contributed by atoms with E-state index in [-0.39, 0.29) is 22.0 Å². The highest BCUT2D eigenvalue weighted by atomic mass is 32.2. The van der Waals surface area contributed by atoms with Gasteiger partial charge in [0.15, 0.2) is 9.84 Å². The molecule has 3 aromatic carbocycles. The molecule has 0 saturated heterocycles. The highest BCUT2D eigenvalue weighted by Gasteiger charge is 2.20. The van der Waals surface area contributed by atoms with Crippen LogP contribution in [0, 0.1) is 6.92 Å². The van der Waals surface area contributed by atoms with Gasteiger partial charge in [-0.05, 0) is 61.0 Å². The summed E-state index contributed by atoms with van der Waals surface area (Å²) >= 11 is 0. The van der Waals surface area contributed by atoms with E-state index in [1.165, 1.54) is 30.3 Å². The van der Waals surface area contributed by atoms with E-state index in [9.17, 15) is 23.1 Å². The number of aryl methyl sites for hydroxylation is 1. The Labute approximate surface area is 179 Å². The zero-order valence-corrected chi connectivity index (χ0v) is 17.4. The van der Waals surface area contributed by atoms with E-state index in [4.69, 9.17) is 5.73 Å². The normalized spacial score (nSPS) is 11.0. The molecule has 0 aromatic heterocycles. The van der Waals surface area contributed by atoms with Gasteiger partial charge in [-0.15, -0.1) is 0 Å². The lowest BCUT2D eigenvalue weighted by Gasteiger charge is -2.11. The second kappa shape index (κ2) is 8.88. The van der Waals surface area contributed by atoms with Crippen LogP contribution in [0.3, 0.4) is 0 Å². The van der Waals surface area contributed by atoms with Crippen molar-refractivity contribution < 1.29 is 23.1 Å². The molecule has 0 bridgehead atoms. The van der Waals surface area contributed by atoms with E-state index >= 15 is 0 Å². The molecule has 5 N–H and O–H groups in total. The lowest BCUT2D eigenvalue weighted by molar-refractivity contribution is -0.113. The van der Waals surface area contributed by atoms with Crippen molar-refractivity contribution in [2.24, 2.45) is 0 Å². The lowest BCUT2D eigenvalue weighted by Crippen LogP contribution is -2.23. The molecular formula is C22H21N3O5S. The third-order valence-corrected chi connectivity index (χ3v) is 5.99. The first-order chi connectivity index (χ1) is 14.6. The molecule has 3 aromatic rings. The average molecular weight is 439 g/mol. The fourth-order valence-electron chi connectivity index (χ4n) is 2.81. The van der Waals surface area contributed by atoms with Crippen molar-refractivity contribution in [3.8, 4) is 5.75 Å². The first kappa shape index (κ1) is 21.8. The van der Waals surface area contributed by atoms with Crippen LogP contribution in [0.5, 0.6) is 5.75 Å². The van der Waals surface area contributed by atoms with Gasteiger partial charge in [-0.3, -0.25) is 9.59 Å². The smallest absolute Gasteiger partial charge is 0.255 e. The van der Waals surface area contributed by atoms with E-state index in [0.717, 1.165) is 5.56 Å². The predicted octanol–water partition coefficient (Wildman–Crippen LogP) is 2.95. The van der Waals surface area contributed by atoms with Gasteiger partial charge in [0.25, 0.3) is 5.91 Å². The molecule has 0 unspecified atom stereocenters. The summed E-state index contributed by atoms with van der Waals surface area (Å²) in [5.74, 6) is -2.23. The van der Waals surface area contributed by atoms with Crippen LogP contribution < -0.4 is 16.4 Å². The van der Waals surface area contributed by atoms with Crippen molar-refractivity contribution in [1.29, 1.82) is 0 Å². The fourth-order valence-corrected chi connectivity index (χ4v) is 4.04. The van der Waals surface area contributed by atoms with Crippen LogP contribution in [-0.2, 0) is 14.6 Å². The zero-order valence-electron chi connectivity index (χ0n) is 16.6. The molecule has 0 aliphatic heterocycles. The van der Waals surface area contributed by atoms with Gasteiger partial charge in [-0.25, -0.2) is 8.42 Å². The number of anilines is 3. The van der Waals surface area contributed by atoms with E-state index < -0.39 is 27.4 Å². The minimum atomic E-state index is -3.81. The van der Waals surface area contributed by atoms with Gasteiger partial charge < -0.3 is 21.5 Å². The number of aromatic hydroxyl groups is 1. The van der Waals surface area contributed by atoms with Crippen LogP contribution in [-0.4, -0.2) is 31.1 Å². The Balaban J connectivity index is 1.66. The summed E-state index contributed by atoms with van der Waals surface area (Å²) in [6.07, 6.45) is 0. The molecule has 31 heavy (non-hydrogen) atoms. The Morgan fingerprint density at radius 1 is 0.968 bits per heavy atom. The number of nitrogens with one attached hydrogen (secondary N) is 2. The largest absolute Gasteiger partial charge is 0.506 e. The third kappa shape index (κ3) is 5.61. The maximum Gasteiger partial charge on any atom is 0.255 e. The van der Waals surface area contributed by atoms with Crippen LogP contribution >= 0.6 is 0 Å². The summed E-state index contributed by atoms with van der Waals surface area (Å²) in [4.78, 5) is 24.5. The van der Waals surface area contributed by atoms with E-state index in [2.05, 4.69) is 10.6 Å². The number of phenols is 1. The molecule has 0 atom stereocenters. The van der Waals surface area contributed by atoms with Gasteiger partial charge in [0.1, 0.15) is 11.5 Å². The van der Waals surface area contributed by atoms with Gasteiger partial charge in [-0.1, -0.05) is 12.1 Å². The predicted molar refractivity (Wildman–Crippen MR) is 119 cm³/mol. The molecule has 9 heteroatoms. The number of nitrogen functional groups attached to an aromatic ring is 1. The van der Waals surface area contributed by atoms with Crippen molar-refractivity contribution in [2.45, 2.75) is 11.8 Å². The standard InChI is InChI=1S/C22H21N3O5S/c1-14-3-2-4-18(11-14)31(29,30)13-21(27)24-17-9-10-19(20(26)12-17)25-22(28)15-5-7-16(23)8-6-15/h2-12,26H,13,23H2,1H3,(H,24,27)(H,25,28). The van der Waals surface area contributed by atoms with Crippen LogP contribution in [0.4, 0.5) is 17.1 Å². The summed E-state index contributed by atoms with van der Waals surface area (Å²) < 4.78 is 24.8. The maximum atomic E-state index is 12.4. The molecule has 0 aliphatic rings. The molecule has 160 valence electrons. The molecule has 0 spiro atoms. The van der Waals surface area contributed by atoms with Crippen molar-refractivity contribution in [3.63, 3.8) is 0 Å². The molecule has 3 rings (SSSR count). The number of amides is 2. The van der Waals surface area contributed by atoms with Gasteiger partial charge in [-0.2, -0.15) is 0 Å². The number of carbonyl (C=O) groups excluding carboxylic acids is 2. The summed E-state index contributed by atoms with van der Waals surface area (Å²) in [5.41, 5.74) is 7.55. The summed E-state index contributed by atoms with van der Waals surface area (Å²) in [6, 6.07) is 16.6. The van der Waals surface area contributed by atoms with Gasteiger partial charge in [0.05, 0.1) is 10.6 Å². The molecule has 8 nitrogen and oxygen atoms in total. The van der Waals surface area contributed by atoms with Crippen LogP contribution in [0.25, 0.3) is 0 Å². The van der Waals surface area contributed by atoms with Crippen LogP contribution in [0.2, 0.25) is 0 Å². The first-order valence-corrected chi connectivity index (χ1v) is 10.9. The Hall–Kier alpha value is -3.85. The molecule has 0 saturated carbocycles. The number of phenolic OH excluding ortho intramolecular Hbond substituents is 1. The molecule has 2 amide bonds. The van der Waals surface area contributed by atoms with Crippen LogP contribution in [0.15, 0.2) is 71.6 Å². The molecule has 0 fully saturated rings. The second-order valence-corrected chi connectivity index (χ2v) is 8.92. The van der Waals surface area contributed by atoms with E-state index in [1.54, 1.807) is 43.3 Å². The Morgan fingerprint density at radius 3 is 2.32 bits per heavy atom. The topological polar surface area (TPSA) is 139 Å². The molecule has 0 aliphatic carbocycles. The first-order valence-electron chi connectivity index (χ1n) is 9.23. The number of benzene rings is 3. The van der Waals surface area contributed by atoms with Crippen molar-refractivity contribution in [2.75, 3.05) is 22.1 Å². The fraction of sp³-hybridized carbons (Fsp3) is 0.0909. The number of rotatable bonds is 6. The summed E-state index contributed by atoms with van der Waals surface area (Å²) in [6.45, 7) is 1.76. The van der Waals surface area contributed by atoms with Gasteiger partial charge in [0, 0.05) is 23.0 Å². The van der Waals surface area contributed by atoms with E-state index in [0.29, 0.717) is 11.3 Å². The highest BCUT2D eigenvalue weighted by Crippen LogP contribution is 2.27. The minimum absolute atomic E-state index is 0.0613. The third-order valence-electron chi connectivity index (χ3n) is 4.37. The molecular weight excluding hydrogens is 418 g/mol. The average Bonchev–Trinajstić information content (AvgIpc) is 2.70. The highest BCUT2D eigenvalue weighted by molar-refractivity contribution is 7.92. The van der Waals surface area contributed by atoms with Crippen LogP contribution in [0.1, 0.15) is 15.9 Å². The SMILES string of the molecule is Cc1cccc(S(=O)(=O)CC(=O)Nc2ccc(NC(=O)c3ccc(N)cc3)c(O)c2)c1. The lowest BCUT2D eigenvalue weighted by atomic mass is 10.2. The Bertz CT molecular complexity index is 1240. The van der Waals surface area contributed by atoms with Crippen molar-refractivity contribution in [1.82, 2.24) is 0 Å². The monoisotopic (exact) mass is 439 g/mol. The zero-order chi connectivity index (χ0) is 22.6. The minimum Gasteiger partial charge on any atom is -0.506 e. The number of hydrogen-bond acceptors (Lipinski definition) is 6. The summed E-state index contributed by atoms with van der Waals surface area (Å²) in [7, 11) is -3.81. The summed E-state index contributed by atoms with van der Waals surface area (Å²) in [5, 5.41) is 15.2. The number of carbonyl (C=O) groups is 2. The van der Waals surface area contributed by atoms with E-state index in [1.807, 2.05) is 0 Å². The maximum absolute atomic E-state index is 12.4. The van der Waals surface area contributed by atoms with Crippen molar-refractivity contribution in [3.05, 3.63) is 77.9 Å². The second-order valence-electron chi connectivity index (χ2n) is 6.93. The number of nitrogens with two attached hydrogens (primary N) is 1. The molecule has 0 radical (unpaired) electrons.